The molecule has 1 fully saturated rings. The molecule has 92 valence electrons. The average Bonchev–Trinajstić information content (AvgIpc) is 2.89. The first-order chi connectivity index (χ1) is 8.29. The summed E-state index contributed by atoms with van der Waals surface area (Å²) in [4.78, 5) is 19.9. The van der Waals surface area contributed by atoms with Crippen molar-refractivity contribution in [2.24, 2.45) is 0 Å². The van der Waals surface area contributed by atoms with Gasteiger partial charge in [-0.2, -0.15) is 11.8 Å². The largest absolute Gasteiger partial charge is 0.372 e. The summed E-state index contributed by atoms with van der Waals surface area (Å²) in [7, 11) is 1.76. The molecule has 1 saturated heterocycles. The van der Waals surface area contributed by atoms with Gasteiger partial charge in [-0.1, -0.05) is 0 Å². The van der Waals surface area contributed by atoms with E-state index >= 15 is 0 Å². The Morgan fingerprint density at radius 3 is 3.00 bits per heavy atom. The van der Waals surface area contributed by atoms with Crippen LogP contribution in [-0.4, -0.2) is 40.5 Å². The summed E-state index contributed by atoms with van der Waals surface area (Å²) in [6, 6.07) is 0. The van der Waals surface area contributed by atoms with Crippen LogP contribution in [0.15, 0.2) is 12.4 Å². The van der Waals surface area contributed by atoms with E-state index in [9.17, 15) is 4.79 Å². The highest BCUT2D eigenvalue weighted by molar-refractivity contribution is 8.00. The molecule has 17 heavy (non-hydrogen) atoms. The third-order valence-corrected chi connectivity index (χ3v) is 4.05. The lowest BCUT2D eigenvalue weighted by Gasteiger charge is -2.09. The molecule has 0 radical (unpaired) electrons. The average molecular weight is 252 g/mol. The van der Waals surface area contributed by atoms with Crippen LogP contribution >= 0.6 is 11.8 Å². The Balaban J connectivity index is 1.85. The number of nitrogens with zero attached hydrogens (tertiary/aromatic N) is 2. The van der Waals surface area contributed by atoms with Gasteiger partial charge in [-0.25, -0.2) is 9.97 Å². The van der Waals surface area contributed by atoms with E-state index in [2.05, 4.69) is 20.6 Å². The Kier molecular flexibility index (Phi) is 4.19. The van der Waals surface area contributed by atoms with Crippen molar-refractivity contribution in [2.45, 2.75) is 18.1 Å². The minimum absolute atomic E-state index is 0.146. The summed E-state index contributed by atoms with van der Waals surface area (Å²) in [6.07, 6.45) is 5.49. The number of thioether (sulfide) groups is 1. The number of carbonyl (C=O) groups excluding carboxylic acids is 1. The first-order valence-corrected chi connectivity index (χ1v) is 6.74. The zero-order valence-corrected chi connectivity index (χ0v) is 10.6. The molecule has 2 N–H and O–H groups in total. The van der Waals surface area contributed by atoms with E-state index in [1.807, 2.05) is 11.8 Å². The summed E-state index contributed by atoms with van der Waals surface area (Å²) in [5.74, 6) is 1.72. The smallest absolute Gasteiger partial charge is 0.271 e. The van der Waals surface area contributed by atoms with Gasteiger partial charge in [0.05, 0.1) is 12.4 Å². The Labute approximate surface area is 105 Å². The number of hydrogen-bond donors (Lipinski definition) is 2. The normalized spacial score (nSPS) is 19.0. The van der Waals surface area contributed by atoms with Crippen molar-refractivity contribution in [1.29, 1.82) is 0 Å². The van der Waals surface area contributed by atoms with Crippen LogP contribution in [0.1, 0.15) is 23.3 Å². The highest BCUT2D eigenvalue weighted by Gasteiger charge is 2.17. The predicted molar refractivity (Wildman–Crippen MR) is 69.4 cm³/mol. The summed E-state index contributed by atoms with van der Waals surface area (Å²) >= 11 is 1.92. The van der Waals surface area contributed by atoms with Crippen molar-refractivity contribution in [3.8, 4) is 0 Å². The Bertz CT molecular complexity index is 376. The molecule has 1 amide bonds. The maximum atomic E-state index is 11.8. The zero-order valence-electron chi connectivity index (χ0n) is 9.77. The second-order valence-corrected chi connectivity index (χ2v) is 5.29. The molecule has 1 aromatic heterocycles. The number of aromatic nitrogens is 2. The molecule has 1 unspecified atom stereocenters. The molecule has 1 aliphatic heterocycles. The summed E-state index contributed by atoms with van der Waals surface area (Å²) in [5, 5.41) is 6.32. The second kappa shape index (κ2) is 5.86. The van der Waals surface area contributed by atoms with Gasteiger partial charge in [0.25, 0.3) is 5.91 Å². The van der Waals surface area contributed by atoms with Crippen molar-refractivity contribution in [3.63, 3.8) is 0 Å². The van der Waals surface area contributed by atoms with E-state index in [4.69, 9.17) is 0 Å². The quantitative estimate of drug-likeness (QED) is 0.841. The van der Waals surface area contributed by atoms with Crippen LogP contribution in [0.5, 0.6) is 0 Å². The fourth-order valence-electron chi connectivity index (χ4n) is 1.68. The lowest BCUT2D eigenvalue weighted by molar-refractivity contribution is 0.0948. The van der Waals surface area contributed by atoms with Crippen molar-refractivity contribution in [3.05, 3.63) is 18.1 Å². The number of carbonyl (C=O) groups is 1. The summed E-state index contributed by atoms with van der Waals surface area (Å²) in [5.41, 5.74) is 0.368. The van der Waals surface area contributed by atoms with Crippen LogP contribution in [0.2, 0.25) is 0 Å². The standard InChI is InChI=1S/C11H16N4OS/c1-12-10-7-13-9(6-14-10)11(16)15-5-8-3-2-4-17-8/h6-8H,2-5H2,1H3,(H,12,14)(H,15,16). The van der Waals surface area contributed by atoms with Crippen LogP contribution in [-0.2, 0) is 0 Å². The van der Waals surface area contributed by atoms with Gasteiger partial charge < -0.3 is 10.6 Å². The van der Waals surface area contributed by atoms with Crippen molar-refractivity contribution in [1.82, 2.24) is 15.3 Å². The highest BCUT2D eigenvalue weighted by Crippen LogP contribution is 2.25. The zero-order chi connectivity index (χ0) is 12.1. The van der Waals surface area contributed by atoms with Crippen LogP contribution in [0.3, 0.4) is 0 Å². The number of hydrogen-bond acceptors (Lipinski definition) is 5. The Morgan fingerprint density at radius 2 is 2.41 bits per heavy atom. The lowest BCUT2D eigenvalue weighted by Crippen LogP contribution is -2.30. The SMILES string of the molecule is CNc1cnc(C(=O)NCC2CCCS2)cn1. The van der Waals surface area contributed by atoms with Crippen LogP contribution < -0.4 is 10.6 Å². The van der Waals surface area contributed by atoms with Crippen molar-refractivity contribution >= 4 is 23.5 Å². The lowest BCUT2D eigenvalue weighted by atomic mass is 10.2. The van der Waals surface area contributed by atoms with Crippen LogP contribution in [0.4, 0.5) is 5.82 Å². The maximum absolute atomic E-state index is 11.8. The van der Waals surface area contributed by atoms with E-state index in [0.29, 0.717) is 16.8 Å². The molecule has 0 bridgehead atoms. The number of nitrogens with one attached hydrogen (secondary N) is 2. The first-order valence-electron chi connectivity index (χ1n) is 5.69. The highest BCUT2D eigenvalue weighted by atomic mass is 32.2. The van der Waals surface area contributed by atoms with Gasteiger partial charge in [0.2, 0.25) is 0 Å². The van der Waals surface area contributed by atoms with Gasteiger partial charge >= 0.3 is 0 Å². The minimum atomic E-state index is -0.146. The molecule has 2 heterocycles. The maximum Gasteiger partial charge on any atom is 0.271 e. The van der Waals surface area contributed by atoms with E-state index in [1.54, 1.807) is 13.2 Å². The number of rotatable bonds is 4. The van der Waals surface area contributed by atoms with Crippen LogP contribution in [0.25, 0.3) is 0 Å². The van der Waals surface area contributed by atoms with Gasteiger partial charge in [-0.15, -0.1) is 0 Å². The molecule has 0 aliphatic carbocycles. The molecule has 5 nitrogen and oxygen atoms in total. The predicted octanol–water partition coefficient (Wildman–Crippen LogP) is 1.14. The molecule has 6 heteroatoms. The summed E-state index contributed by atoms with van der Waals surface area (Å²) in [6.45, 7) is 0.721. The molecule has 0 saturated carbocycles. The molecular weight excluding hydrogens is 236 g/mol. The molecule has 1 aliphatic rings. The third-order valence-electron chi connectivity index (χ3n) is 2.65. The fourth-order valence-corrected chi connectivity index (χ4v) is 2.88. The van der Waals surface area contributed by atoms with E-state index in [-0.39, 0.29) is 5.91 Å². The van der Waals surface area contributed by atoms with Gasteiger partial charge in [0.15, 0.2) is 0 Å². The molecule has 1 aromatic rings. The molecule has 2 rings (SSSR count). The molecular formula is C11H16N4OS. The van der Waals surface area contributed by atoms with Gasteiger partial charge in [0, 0.05) is 18.8 Å². The van der Waals surface area contributed by atoms with E-state index in [0.717, 1.165) is 6.54 Å². The van der Waals surface area contributed by atoms with E-state index in [1.165, 1.54) is 24.8 Å². The van der Waals surface area contributed by atoms with Gasteiger partial charge in [-0.05, 0) is 18.6 Å². The fraction of sp³-hybridized carbons (Fsp3) is 0.545. The first kappa shape index (κ1) is 12.2. The second-order valence-electron chi connectivity index (χ2n) is 3.88. The minimum Gasteiger partial charge on any atom is -0.372 e. The monoisotopic (exact) mass is 252 g/mol. The van der Waals surface area contributed by atoms with Crippen molar-refractivity contribution in [2.75, 3.05) is 24.7 Å². The third kappa shape index (κ3) is 3.33. The molecule has 1 atom stereocenters. The number of anilines is 1. The van der Waals surface area contributed by atoms with Gasteiger partial charge in [0.1, 0.15) is 11.5 Å². The van der Waals surface area contributed by atoms with Gasteiger partial charge in [-0.3, -0.25) is 4.79 Å². The Morgan fingerprint density at radius 1 is 1.53 bits per heavy atom. The topological polar surface area (TPSA) is 66.9 Å². The molecule has 0 spiro atoms. The summed E-state index contributed by atoms with van der Waals surface area (Å²) < 4.78 is 0. The van der Waals surface area contributed by atoms with Crippen LogP contribution in [0, 0.1) is 0 Å². The Hall–Kier alpha value is -1.30. The van der Waals surface area contributed by atoms with E-state index < -0.39 is 0 Å². The number of amides is 1. The van der Waals surface area contributed by atoms with Crippen molar-refractivity contribution < 1.29 is 4.79 Å². The molecule has 0 aromatic carbocycles.